The number of nitrogens with one attached hydrogen (secondary N) is 1. The van der Waals surface area contributed by atoms with Crippen LogP contribution in [0.3, 0.4) is 0 Å². The predicted octanol–water partition coefficient (Wildman–Crippen LogP) is 5.01. The maximum atomic E-state index is 12.4. The van der Waals surface area contributed by atoms with Crippen LogP contribution in [0, 0.1) is 6.92 Å². The number of aryl methyl sites for hydroxylation is 1. The Bertz CT molecular complexity index is 921. The lowest BCUT2D eigenvalue weighted by Gasteiger charge is -2.08. The van der Waals surface area contributed by atoms with Gasteiger partial charge in [-0.25, -0.2) is 5.43 Å². The summed E-state index contributed by atoms with van der Waals surface area (Å²) in [5.74, 6) is -0.0953. The van der Waals surface area contributed by atoms with Gasteiger partial charge in [-0.3, -0.25) is 4.79 Å². The smallest absolute Gasteiger partial charge is 0.244 e. The molecule has 3 nitrogen and oxygen atoms in total. The molecule has 1 amide bonds. The summed E-state index contributed by atoms with van der Waals surface area (Å²) in [5.41, 5.74) is 6.95. The summed E-state index contributed by atoms with van der Waals surface area (Å²) in [7, 11) is 0. The lowest BCUT2D eigenvalue weighted by Crippen LogP contribution is -2.22. The van der Waals surface area contributed by atoms with Gasteiger partial charge in [0.15, 0.2) is 0 Å². The molecule has 26 heavy (non-hydrogen) atoms. The number of carbonyl (C=O) groups is 1. The molecule has 0 saturated carbocycles. The Labute approximate surface area is 154 Å². The molecule has 0 spiro atoms. The van der Waals surface area contributed by atoms with E-state index in [4.69, 9.17) is 0 Å². The zero-order valence-corrected chi connectivity index (χ0v) is 15.3. The Balaban J connectivity index is 1.75. The van der Waals surface area contributed by atoms with Crippen LogP contribution in [0.4, 0.5) is 0 Å². The van der Waals surface area contributed by atoms with E-state index < -0.39 is 0 Å². The van der Waals surface area contributed by atoms with Gasteiger partial charge in [-0.05, 0) is 35.2 Å². The van der Waals surface area contributed by atoms with Crippen LogP contribution in [0.5, 0.6) is 0 Å². The number of nitrogens with zero attached hydrogens (tertiary/aromatic N) is 1. The Morgan fingerprint density at radius 3 is 2.46 bits per heavy atom. The van der Waals surface area contributed by atoms with Crippen molar-refractivity contribution in [1.82, 2.24) is 5.43 Å². The molecule has 132 valence electrons. The van der Waals surface area contributed by atoms with Crippen LogP contribution in [-0.4, -0.2) is 11.6 Å². The van der Waals surface area contributed by atoms with E-state index >= 15 is 0 Å². The van der Waals surface area contributed by atoms with Gasteiger partial charge in [-0.2, -0.15) is 5.10 Å². The van der Waals surface area contributed by atoms with E-state index in [0.717, 1.165) is 40.5 Å². The fraction of sp³-hybridized carbons (Fsp3) is 0.217. The van der Waals surface area contributed by atoms with Crippen LogP contribution in [0.2, 0.25) is 0 Å². The minimum absolute atomic E-state index is 0.0953. The summed E-state index contributed by atoms with van der Waals surface area (Å²) in [6.45, 7) is 4.17. The highest BCUT2D eigenvalue weighted by atomic mass is 16.2. The minimum atomic E-state index is -0.0953. The molecule has 0 unspecified atom stereocenters. The van der Waals surface area contributed by atoms with E-state index in [-0.39, 0.29) is 5.91 Å². The number of hydrogen-bond acceptors (Lipinski definition) is 2. The highest BCUT2D eigenvalue weighted by Gasteiger charge is 2.08. The summed E-state index contributed by atoms with van der Waals surface area (Å²) in [5, 5.41) is 6.67. The first-order valence-corrected chi connectivity index (χ1v) is 9.06. The van der Waals surface area contributed by atoms with Gasteiger partial charge in [0.25, 0.3) is 0 Å². The van der Waals surface area contributed by atoms with Gasteiger partial charge in [-0.1, -0.05) is 85.6 Å². The molecule has 1 N–H and O–H groups in total. The quantitative estimate of drug-likeness (QED) is 0.495. The van der Waals surface area contributed by atoms with E-state index in [1.807, 2.05) is 24.3 Å². The van der Waals surface area contributed by atoms with Crippen molar-refractivity contribution in [1.29, 1.82) is 0 Å². The second-order valence-corrected chi connectivity index (χ2v) is 6.52. The molecule has 0 aliphatic carbocycles. The average molecular weight is 344 g/mol. The van der Waals surface area contributed by atoms with Crippen LogP contribution in [-0.2, 0) is 11.2 Å². The van der Waals surface area contributed by atoms with Gasteiger partial charge in [-0.15, -0.1) is 0 Å². The SMILES string of the molecule is CCCC(=NNC(=O)Cc1cccc2ccccc12)c1ccc(C)cc1. The third kappa shape index (κ3) is 4.37. The third-order valence-corrected chi connectivity index (χ3v) is 4.42. The zero-order valence-electron chi connectivity index (χ0n) is 15.3. The first kappa shape index (κ1) is 17.9. The lowest BCUT2D eigenvalue weighted by molar-refractivity contribution is -0.120. The molecule has 0 fully saturated rings. The van der Waals surface area contributed by atoms with E-state index in [0.29, 0.717) is 6.42 Å². The molecule has 0 atom stereocenters. The summed E-state index contributed by atoms with van der Waals surface area (Å²) in [6.07, 6.45) is 2.13. The van der Waals surface area contributed by atoms with Crippen molar-refractivity contribution in [3.05, 3.63) is 83.4 Å². The fourth-order valence-electron chi connectivity index (χ4n) is 3.04. The standard InChI is InChI=1S/C23H24N2O/c1-3-7-22(19-14-12-17(2)13-15-19)24-25-23(26)16-20-10-6-9-18-8-4-5-11-21(18)20/h4-6,8-15H,3,7,16H2,1-2H3,(H,25,26). The van der Waals surface area contributed by atoms with Crippen molar-refractivity contribution >= 4 is 22.4 Å². The lowest BCUT2D eigenvalue weighted by atomic mass is 10.0. The molecule has 0 bridgehead atoms. The van der Waals surface area contributed by atoms with Crippen molar-refractivity contribution in [2.24, 2.45) is 5.10 Å². The molecule has 0 heterocycles. The van der Waals surface area contributed by atoms with Crippen molar-refractivity contribution in [3.63, 3.8) is 0 Å². The van der Waals surface area contributed by atoms with Gasteiger partial charge < -0.3 is 0 Å². The maximum absolute atomic E-state index is 12.4. The van der Waals surface area contributed by atoms with Gasteiger partial charge in [0.1, 0.15) is 0 Å². The average Bonchev–Trinajstić information content (AvgIpc) is 2.66. The third-order valence-electron chi connectivity index (χ3n) is 4.42. The molecule has 0 saturated heterocycles. The number of benzene rings is 3. The first-order chi connectivity index (χ1) is 12.7. The fourth-order valence-corrected chi connectivity index (χ4v) is 3.04. The van der Waals surface area contributed by atoms with Gasteiger partial charge in [0.2, 0.25) is 5.91 Å². The maximum Gasteiger partial charge on any atom is 0.244 e. The van der Waals surface area contributed by atoms with E-state index in [2.05, 4.69) is 66.8 Å². The highest BCUT2D eigenvalue weighted by Crippen LogP contribution is 2.18. The summed E-state index contributed by atoms with van der Waals surface area (Å²) in [6, 6.07) is 22.4. The molecule has 3 aromatic rings. The van der Waals surface area contributed by atoms with Crippen molar-refractivity contribution in [2.75, 3.05) is 0 Å². The van der Waals surface area contributed by atoms with Crippen molar-refractivity contribution in [2.45, 2.75) is 33.1 Å². The highest BCUT2D eigenvalue weighted by molar-refractivity contribution is 6.01. The zero-order chi connectivity index (χ0) is 18.4. The summed E-state index contributed by atoms with van der Waals surface area (Å²) in [4.78, 5) is 12.4. The molecule has 3 aromatic carbocycles. The predicted molar refractivity (Wildman–Crippen MR) is 108 cm³/mol. The number of hydrogen-bond donors (Lipinski definition) is 1. The molecular weight excluding hydrogens is 320 g/mol. The topological polar surface area (TPSA) is 41.5 Å². The van der Waals surface area contributed by atoms with E-state index in [9.17, 15) is 4.79 Å². The largest absolute Gasteiger partial charge is 0.273 e. The molecule has 0 aliphatic heterocycles. The first-order valence-electron chi connectivity index (χ1n) is 9.06. The summed E-state index contributed by atoms with van der Waals surface area (Å²) >= 11 is 0. The van der Waals surface area contributed by atoms with E-state index in [1.165, 1.54) is 5.56 Å². The monoisotopic (exact) mass is 344 g/mol. The molecule has 3 heteroatoms. The molecule has 0 aliphatic rings. The van der Waals surface area contributed by atoms with Crippen LogP contribution in [0.25, 0.3) is 10.8 Å². The molecular formula is C23H24N2O. The van der Waals surface area contributed by atoms with Crippen LogP contribution in [0.15, 0.2) is 71.8 Å². The Morgan fingerprint density at radius 2 is 1.69 bits per heavy atom. The van der Waals surface area contributed by atoms with Crippen LogP contribution >= 0.6 is 0 Å². The Kier molecular flexibility index (Phi) is 5.80. The number of amides is 1. The van der Waals surface area contributed by atoms with Gasteiger partial charge in [0, 0.05) is 0 Å². The minimum Gasteiger partial charge on any atom is -0.273 e. The van der Waals surface area contributed by atoms with Gasteiger partial charge >= 0.3 is 0 Å². The number of carbonyl (C=O) groups excluding carboxylic acids is 1. The second-order valence-electron chi connectivity index (χ2n) is 6.52. The Hall–Kier alpha value is -2.94. The van der Waals surface area contributed by atoms with Crippen molar-refractivity contribution < 1.29 is 4.79 Å². The molecule has 0 radical (unpaired) electrons. The van der Waals surface area contributed by atoms with Crippen molar-refractivity contribution in [3.8, 4) is 0 Å². The normalized spacial score (nSPS) is 11.5. The van der Waals surface area contributed by atoms with Crippen LogP contribution in [0.1, 0.15) is 36.5 Å². The number of hydrazone groups is 1. The summed E-state index contributed by atoms with van der Waals surface area (Å²) < 4.78 is 0. The van der Waals surface area contributed by atoms with Crippen LogP contribution < -0.4 is 5.43 Å². The van der Waals surface area contributed by atoms with Gasteiger partial charge in [0.05, 0.1) is 12.1 Å². The number of fused-ring (bicyclic) bond motifs is 1. The number of rotatable bonds is 6. The second kappa shape index (κ2) is 8.43. The Morgan fingerprint density at radius 1 is 0.962 bits per heavy atom. The molecule has 0 aromatic heterocycles. The molecule has 3 rings (SSSR count). The van der Waals surface area contributed by atoms with E-state index in [1.54, 1.807) is 0 Å².